The zero-order valence-electron chi connectivity index (χ0n) is 11.6. The molecule has 5 heteroatoms. The van der Waals surface area contributed by atoms with Crippen LogP contribution in [-0.2, 0) is 6.54 Å². The van der Waals surface area contributed by atoms with E-state index in [-0.39, 0.29) is 17.9 Å². The molecule has 1 aromatic carbocycles. The molecule has 20 heavy (non-hydrogen) atoms. The molecule has 0 aliphatic carbocycles. The minimum atomic E-state index is -0.255. The van der Waals surface area contributed by atoms with Gasteiger partial charge in [-0.1, -0.05) is 6.07 Å². The highest BCUT2D eigenvalue weighted by Crippen LogP contribution is 2.16. The van der Waals surface area contributed by atoms with Crippen molar-refractivity contribution in [1.82, 2.24) is 9.55 Å². The summed E-state index contributed by atoms with van der Waals surface area (Å²) < 4.78 is 1.66. The van der Waals surface area contributed by atoms with Crippen LogP contribution in [0.2, 0.25) is 0 Å². The van der Waals surface area contributed by atoms with Gasteiger partial charge in [0.2, 0.25) is 0 Å². The Morgan fingerprint density at radius 1 is 1.20 bits per heavy atom. The molecule has 0 fully saturated rings. The van der Waals surface area contributed by atoms with Crippen molar-refractivity contribution in [3.8, 4) is 0 Å². The summed E-state index contributed by atoms with van der Waals surface area (Å²) in [7, 11) is 0. The summed E-state index contributed by atoms with van der Waals surface area (Å²) in [5, 5.41) is 0. The second kappa shape index (κ2) is 5.71. The lowest BCUT2D eigenvalue weighted by atomic mass is 9.98. The molecule has 0 saturated carbocycles. The Hall–Kier alpha value is -1.75. The summed E-state index contributed by atoms with van der Waals surface area (Å²) >= 11 is 3.12. The van der Waals surface area contributed by atoms with Crippen LogP contribution in [0.4, 0.5) is 0 Å². The van der Waals surface area contributed by atoms with Crippen LogP contribution in [0, 0.1) is 20.8 Å². The van der Waals surface area contributed by atoms with Crippen LogP contribution in [0.15, 0.2) is 33.9 Å². The van der Waals surface area contributed by atoms with E-state index in [1.165, 1.54) is 17.1 Å². The predicted molar refractivity (Wildman–Crippen MR) is 81.2 cm³/mol. The van der Waals surface area contributed by atoms with E-state index in [9.17, 15) is 9.59 Å². The highest BCUT2D eigenvalue weighted by molar-refractivity contribution is 9.10. The number of halogens is 1. The first kappa shape index (κ1) is 14.7. The van der Waals surface area contributed by atoms with Crippen molar-refractivity contribution < 1.29 is 4.79 Å². The molecule has 1 heterocycles. The number of rotatable bonds is 3. The standard InChI is InChI=1S/C15H15BrN2O2/c1-9-4-11(3)12(5-10(9)2)14(19)7-18-8-17-6-13(16)15(18)20/h4-6,8H,7H2,1-3H3. The van der Waals surface area contributed by atoms with Crippen LogP contribution in [0.1, 0.15) is 27.0 Å². The first-order valence-corrected chi connectivity index (χ1v) is 7.00. The van der Waals surface area contributed by atoms with Crippen molar-refractivity contribution >= 4 is 21.7 Å². The Labute approximate surface area is 125 Å². The second-order valence-corrected chi connectivity index (χ2v) is 5.70. The monoisotopic (exact) mass is 334 g/mol. The summed E-state index contributed by atoms with van der Waals surface area (Å²) in [5.41, 5.74) is 3.54. The molecule has 0 N–H and O–H groups in total. The van der Waals surface area contributed by atoms with E-state index in [4.69, 9.17) is 0 Å². The summed E-state index contributed by atoms with van der Waals surface area (Å²) in [4.78, 5) is 28.1. The molecule has 0 amide bonds. The first-order chi connectivity index (χ1) is 9.40. The highest BCUT2D eigenvalue weighted by Gasteiger charge is 2.13. The number of Topliss-reactive ketones (excluding diaryl/α,β-unsaturated/α-hetero) is 1. The van der Waals surface area contributed by atoms with Crippen LogP contribution in [-0.4, -0.2) is 15.3 Å². The van der Waals surface area contributed by atoms with Gasteiger partial charge < -0.3 is 0 Å². The number of carbonyl (C=O) groups is 1. The minimum absolute atomic E-state index is 0.00534. The van der Waals surface area contributed by atoms with Gasteiger partial charge in [-0.2, -0.15) is 0 Å². The third-order valence-electron chi connectivity index (χ3n) is 3.31. The van der Waals surface area contributed by atoms with Crippen LogP contribution in [0.5, 0.6) is 0 Å². The molecule has 0 radical (unpaired) electrons. The van der Waals surface area contributed by atoms with E-state index in [0.29, 0.717) is 10.0 Å². The van der Waals surface area contributed by atoms with E-state index in [1.807, 2.05) is 32.9 Å². The third-order valence-corrected chi connectivity index (χ3v) is 3.86. The van der Waals surface area contributed by atoms with Gasteiger partial charge in [-0.25, -0.2) is 4.98 Å². The molecule has 0 bridgehead atoms. The summed E-state index contributed by atoms with van der Waals surface area (Å²) in [6.07, 6.45) is 2.80. The lowest BCUT2D eigenvalue weighted by molar-refractivity contribution is 0.0969. The number of nitrogens with zero attached hydrogens (tertiary/aromatic N) is 2. The Balaban J connectivity index is 2.36. The Morgan fingerprint density at radius 2 is 1.85 bits per heavy atom. The fourth-order valence-electron chi connectivity index (χ4n) is 2.04. The first-order valence-electron chi connectivity index (χ1n) is 6.21. The van der Waals surface area contributed by atoms with E-state index in [0.717, 1.165) is 16.7 Å². The van der Waals surface area contributed by atoms with Gasteiger partial charge >= 0.3 is 0 Å². The van der Waals surface area contributed by atoms with Gasteiger partial charge in [-0.05, 0) is 59.5 Å². The van der Waals surface area contributed by atoms with E-state index in [1.54, 1.807) is 0 Å². The van der Waals surface area contributed by atoms with Gasteiger partial charge in [-0.15, -0.1) is 0 Å². The van der Waals surface area contributed by atoms with Crippen molar-refractivity contribution in [3.05, 3.63) is 61.7 Å². The fraction of sp³-hybridized carbons (Fsp3) is 0.267. The number of aryl methyl sites for hydroxylation is 3. The maximum absolute atomic E-state index is 12.4. The van der Waals surface area contributed by atoms with E-state index >= 15 is 0 Å². The molecule has 0 aliphatic heterocycles. The maximum atomic E-state index is 12.4. The van der Waals surface area contributed by atoms with E-state index < -0.39 is 0 Å². The SMILES string of the molecule is Cc1cc(C)c(C(=O)Cn2cncc(Br)c2=O)cc1C. The number of carbonyl (C=O) groups excluding carboxylic acids is 1. The second-order valence-electron chi connectivity index (χ2n) is 4.85. The molecular weight excluding hydrogens is 320 g/mol. The van der Waals surface area contributed by atoms with Gasteiger partial charge in [0.15, 0.2) is 5.78 Å². The van der Waals surface area contributed by atoms with Crippen molar-refractivity contribution in [1.29, 1.82) is 0 Å². The zero-order valence-corrected chi connectivity index (χ0v) is 13.2. The van der Waals surface area contributed by atoms with Crippen LogP contribution >= 0.6 is 15.9 Å². The predicted octanol–water partition coefficient (Wildman–Crippen LogP) is 2.81. The Kier molecular flexibility index (Phi) is 4.18. The number of hydrogen-bond donors (Lipinski definition) is 0. The third kappa shape index (κ3) is 2.88. The lowest BCUT2D eigenvalue weighted by Crippen LogP contribution is -2.25. The normalized spacial score (nSPS) is 10.6. The maximum Gasteiger partial charge on any atom is 0.268 e. The average Bonchev–Trinajstić information content (AvgIpc) is 2.39. The Morgan fingerprint density at radius 3 is 2.55 bits per heavy atom. The molecule has 0 unspecified atom stereocenters. The number of hydrogen-bond acceptors (Lipinski definition) is 3. The van der Waals surface area contributed by atoms with Gasteiger partial charge in [-0.3, -0.25) is 14.2 Å². The van der Waals surface area contributed by atoms with Gasteiger partial charge in [0.05, 0.1) is 12.9 Å². The minimum Gasteiger partial charge on any atom is -0.292 e. The van der Waals surface area contributed by atoms with Crippen molar-refractivity contribution in [3.63, 3.8) is 0 Å². The van der Waals surface area contributed by atoms with Crippen LogP contribution in [0.3, 0.4) is 0 Å². The average molecular weight is 335 g/mol. The molecule has 0 spiro atoms. The fourth-order valence-corrected chi connectivity index (χ4v) is 2.38. The molecule has 1 aromatic heterocycles. The van der Waals surface area contributed by atoms with Crippen LogP contribution < -0.4 is 5.56 Å². The highest BCUT2D eigenvalue weighted by atomic mass is 79.9. The molecule has 104 valence electrons. The van der Waals surface area contributed by atoms with Gasteiger partial charge in [0, 0.05) is 11.8 Å². The topological polar surface area (TPSA) is 52.0 Å². The molecule has 4 nitrogen and oxygen atoms in total. The van der Waals surface area contributed by atoms with Gasteiger partial charge in [0.25, 0.3) is 5.56 Å². The van der Waals surface area contributed by atoms with Crippen molar-refractivity contribution in [2.24, 2.45) is 0 Å². The summed E-state index contributed by atoms with van der Waals surface area (Å²) in [6.45, 7) is 5.88. The lowest BCUT2D eigenvalue weighted by Gasteiger charge is -2.10. The quantitative estimate of drug-likeness (QED) is 0.811. The molecule has 0 saturated heterocycles. The van der Waals surface area contributed by atoms with E-state index in [2.05, 4.69) is 20.9 Å². The van der Waals surface area contributed by atoms with Crippen molar-refractivity contribution in [2.75, 3.05) is 0 Å². The number of aromatic nitrogens is 2. The van der Waals surface area contributed by atoms with Gasteiger partial charge in [0.1, 0.15) is 4.47 Å². The molecule has 2 aromatic rings. The molecule has 0 atom stereocenters. The van der Waals surface area contributed by atoms with Crippen molar-refractivity contribution in [2.45, 2.75) is 27.3 Å². The molecular formula is C15H15BrN2O2. The Bertz CT molecular complexity index is 735. The molecule has 2 rings (SSSR count). The number of benzene rings is 1. The smallest absolute Gasteiger partial charge is 0.268 e. The molecule has 0 aliphatic rings. The number of ketones is 1. The zero-order chi connectivity index (χ0) is 14.9. The summed E-state index contributed by atoms with van der Waals surface area (Å²) in [5.74, 6) is -0.0902. The summed E-state index contributed by atoms with van der Waals surface area (Å²) in [6, 6.07) is 3.87. The van der Waals surface area contributed by atoms with Crippen LogP contribution in [0.25, 0.3) is 0 Å². The largest absolute Gasteiger partial charge is 0.292 e.